The van der Waals surface area contributed by atoms with Crippen LogP contribution in [0.1, 0.15) is 42.9 Å². The standard InChI is InChI=1S/C21H22BrNO2S/c1-15-10-12-17(13-11-15)26(24,25)23-20-9-5-2-6-16(20)14-21(23)18-7-3-4-8-19(18)22/h3-4,7-8,10-14,20-21H,2,5-6,9H2,1H3/t20-,21-/m1/s1. The minimum absolute atomic E-state index is 0.0211. The summed E-state index contributed by atoms with van der Waals surface area (Å²) in [5.41, 5.74) is 3.34. The van der Waals surface area contributed by atoms with E-state index >= 15 is 0 Å². The van der Waals surface area contributed by atoms with Gasteiger partial charge in [0.1, 0.15) is 0 Å². The van der Waals surface area contributed by atoms with Gasteiger partial charge in [-0.25, -0.2) is 8.42 Å². The van der Waals surface area contributed by atoms with E-state index in [1.165, 1.54) is 5.57 Å². The Kier molecular flexibility index (Phi) is 4.80. The first-order chi connectivity index (χ1) is 12.5. The average molecular weight is 432 g/mol. The zero-order valence-corrected chi connectivity index (χ0v) is 17.1. The summed E-state index contributed by atoms with van der Waals surface area (Å²) in [5, 5.41) is 0. The van der Waals surface area contributed by atoms with Crippen molar-refractivity contribution in [1.29, 1.82) is 0 Å². The predicted molar refractivity (Wildman–Crippen MR) is 107 cm³/mol. The molecule has 2 aromatic rings. The Balaban J connectivity index is 1.83. The third-order valence-corrected chi connectivity index (χ3v) is 8.02. The van der Waals surface area contributed by atoms with Gasteiger partial charge in [0.2, 0.25) is 10.0 Å². The van der Waals surface area contributed by atoms with E-state index in [9.17, 15) is 8.42 Å². The highest BCUT2D eigenvalue weighted by Crippen LogP contribution is 2.46. The van der Waals surface area contributed by atoms with Crippen LogP contribution in [-0.2, 0) is 10.0 Å². The van der Waals surface area contributed by atoms with E-state index < -0.39 is 10.0 Å². The first-order valence-corrected chi connectivity index (χ1v) is 11.3. The molecule has 0 amide bonds. The van der Waals surface area contributed by atoms with Gasteiger partial charge in [-0.3, -0.25) is 0 Å². The van der Waals surface area contributed by atoms with E-state index in [2.05, 4.69) is 22.0 Å². The van der Waals surface area contributed by atoms with Crippen molar-refractivity contribution < 1.29 is 8.42 Å². The molecule has 4 rings (SSSR count). The Labute approximate surface area is 163 Å². The summed E-state index contributed by atoms with van der Waals surface area (Å²) < 4.78 is 29.8. The van der Waals surface area contributed by atoms with E-state index in [-0.39, 0.29) is 12.1 Å². The van der Waals surface area contributed by atoms with Crippen LogP contribution >= 0.6 is 15.9 Å². The summed E-state index contributed by atoms with van der Waals surface area (Å²) in [6, 6.07) is 14.8. The number of hydrogen-bond donors (Lipinski definition) is 0. The third kappa shape index (κ3) is 3.06. The predicted octanol–water partition coefficient (Wildman–Crippen LogP) is 5.37. The smallest absolute Gasteiger partial charge is 0.207 e. The van der Waals surface area contributed by atoms with Crippen molar-refractivity contribution in [3.8, 4) is 0 Å². The number of nitrogens with zero attached hydrogens (tertiary/aromatic N) is 1. The molecule has 0 bridgehead atoms. The maximum atomic E-state index is 13.6. The van der Waals surface area contributed by atoms with Crippen molar-refractivity contribution >= 4 is 26.0 Å². The molecule has 1 aliphatic carbocycles. The molecule has 1 fully saturated rings. The quantitative estimate of drug-likeness (QED) is 0.612. The van der Waals surface area contributed by atoms with Gasteiger partial charge < -0.3 is 0 Å². The molecule has 1 aliphatic heterocycles. The molecule has 2 atom stereocenters. The van der Waals surface area contributed by atoms with Crippen LogP contribution in [0.25, 0.3) is 0 Å². The highest BCUT2D eigenvalue weighted by Gasteiger charge is 2.44. The lowest BCUT2D eigenvalue weighted by atomic mass is 9.92. The summed E-state index contributed by atoms with van der Waals surface area (Å²) in [6.07, 6.45) is 6.28. The summed E-state index contributed by atoms with van der Waals surface area (Å²) >= 11 is 3.61. The molecule has 0 aromatic heterocycles. The summed E-state index contributed by atoms with van der Waals surface area (Å²) in [7, 11) is -3.58. The number of aryl methyl sites for hydroxylation is 1. The van der Waals surface area contributed by atoms with E-state index in [0.717, 1.165) is 41.3 Å². The summed E-state index contributed by atoms with van der Waals surface area (Å²) in [5.74, 6) is 0. The van der Waals surface area contributed by atoms with Crippen molar-refractivity contribution in [1.82, 2.24) is 4.31 Å². The fraction of sp³-hybridized carbons (Fsp3) is 0.333. The molecule has 0 unspecified atom stereocenters. The molecule has 1 saturated carbocycles. The van der Waals surface area contributed by atoms with Crippen molar-refractivity contribution in [3.63, 3.8) is 0 Å². The summed E-state index contributed by atoms with van der Waals surface area (Å²) in [4.78, 5) is 0.375. The molecule has 0 N–H and O–H groups in total. The topological polar surface area (TPSA) is 37.4 Å². The van der Waals surface area contributed by atoms with Gasteiger partial charge in [0, 0.05) is 10.5 Å². The molecule has 3 nitrogen and oxygen atoms in total. The molecule has 5 heteroatoms. The molecule has 2 aromatic carbocycles. The Bertz CT molecular complexity index is 950. The maximum Gasteiger partial charge on any atom is 0.244 e. The Hall–Kier alpha value is -1.43. The van der Waals surface area contributed by atoms with Crippen molar-refractivity contribution in [2.45, 2.75) is 49.6 Å². The third-order valence-electron chi connectivity index (χ3n) is 5.39. The molecular weight excluding hydrogens is 410 g/mol. The number of rotatable bonds is 3. The van der Waals surface area contributed by atoms with Gasteiger partial charge in [0.25, 0.3) is 0 Å². The molecular formula is C21H22BrNO2S. The van der Waals surface area contributed by atoms with Crippen LogP contribution in [0.3, 0.4) is 0 Å². The second kappa shape index (κ2) is 6.95. The largest absolute Gasteiger partial charge is 0.244 e. The number of sulfonamides is 1. The van der Waals surface area contributed by atoms with Crippen molar-refractivity contribution in [2.75, 3.05) is 0 Å². The van der Waals surface area contributed by atoms with Crippen LogP contribution in [0.15, 0.2) is 69.5 Å². The molecule has 0 spiro atoms. The van der Waals surface area contributed by atoms with Gasteiger partial charge in [-0.05, 0) is 49.9 Å². The van der Waals surface area contributed by atoms with Crippen LogP contribution < -0.4 is 0 Å². The minimum Gasteiger partial charge on any atom is -0.207 e. The lowest BCUT2D eigenvalue weighted by molar-refractivity contribution is 0.303. The Morgan fingerprint density at radius 1 is 1.04 bits per heavy atom. The molecule has 0 radical (unpaired) electrons. The maximum absolute atomic E-state index is 13.6. The van der Waals surface area contributed by atoms with Gasteiger partial charge in [-0.2, -0.15) is 4.31 Å². The van der Waals surface area contributed by atoms with Crippen LogP contribution in [0.5, 0.6) is 0 Å². The average Bonchev–Trinajstić information content (AvgIpc) is 3.02. The van der Waals surface area contributed by atoms with Crippen LogP contribution in [0, 0.1) is 6.92 Å². The molecule has 136 valence electrons. The molecule has 1 heterocycles. The fourth-order valence-corrected chi connectivity index (χ4v) is 6.36. The van der Waals surface area contributed by atoms with Crippen LogP contribution in [0.2, 0.25) is 0 Å². The number of hydrogen-bond acceptors (Lipinski definition) is 2. The van der Waals surface area contributed by atoms with E-state index in [4.69, 9.17) is 0 Å². The van der Waals surface area contributed by atoms with Crippen LogP contribution in [0.4, 0.5) is 0 Å². The first-order valence-electron chi connectivity index (χ1n) is 9.04. The van der Waals surface area contributed by atoms with Crippen molar-refractivity contribution in [2.24, 2.45) is 0 Å². The van der Waals surface area contributed by atoms with E-state index in [1.807, 2.05) is 43.3 Å². The van der Waals surface area contributed by atoms with Crippen LogP contribution in [-0.4, -0.2) is 18.8 Å². The summed E-state index contributed by atoms with van der Waals surface area (Å²) in [6.45, 7) is 1.97. The van der Waals surface area contributed by atoms with Gasteiger partial charge in [-0.15, -0.1) is 0 Å². The SMILES string of the molecule is Cc1ccc(S(=O)(=O)N2[C@@H]3CCCCC3=C[C@@H]2c2ccccc2Br)cc1. The molecule has 0 saturated heterocycles. The van der Waals surface area contributed by atoms with Crippen molar-refractivity contribution in [3.05, 3.63) is 75.8 Å². The molecule has 2 aliphatic rings. The molecule has 26 heavy (non-hydrogen) atoms. The Morgan fingerprint density at radius 2 is 1.77 bits per heavy atom. The number of halogens is 1. The lowest BCUT2D eigenvalue weighted by Gasteiger charge is -2.33. The second-order valence-corrected chi connectivity index (χ2v) is 9.82. The van der Waals surface area contributed by atoms with Gasteiger partial charge in [0.15, 0.2) is 0 Å². The van der Waals surface area contributed by atoms with Gasteiger partial charge in [0.05, 0.1) is 10.9 Å². The normalized spacial score (nSPS) is 23.5. The zero-order valence-electron chi connectivity index (χ0n) is 14.7. The van der Waals surface area contributed by atoms with E-state index in [0.29, 0.717) is 4.90 Å². The second-order valence-electron chi connectivity index (χ2n) is 7.12. The first kappa shape index (κ1) is 18.0. The van der Waals surface area contributed by atoms with E-state index in [1.54, 1.807) is 16.4 Å². The highest BCUT2D eigenvalue weighted by atomic mass is 79.9. The lowest BCUT2D eigenvalue weighted by Crippen LogP contribution is -2.40. The van der Waals surface area contributed by atoms with Gasteiger partial charge in [-0.1, -0.05) is 69.9 Å². The van der Waals surface area contributed by atoms with Gasteiger partial charge >= 0.3 is 0 Å². The Morgan fingerprint density at radius 3 is 2.50 bits per heavy atom. The number of fused-ring (bicyclic) bond motifs is 1. The highest BCUT2D eigenvalue weighted by molar-refractivity contribution is 9.10. The monoisotopic (exact) mass is 431 g/mol. The minimum atomic E-state index is -3.58. The zero-order chi connectivity index (χ0) is 18.3. The fourth-order valence-electron chi connectivity index (χ4n) is 4.06. The number of benzene rings is 2.